The second kappa shape index (κ2) is 3.65. The molecule has 2 N–H and O–H groups in total. The molecule has 0 saturated heterocycles. The maximum atomic E-state index is 9.65. The fourth-order valence-electron chi connectivity index (χ4n) is 0.254. The first-order valence-electron chi connectivity index (χ1n) is 2.21. The lowest BCUT2D eigenvalue weighted by atomic mass is 10.6. The highest BCUT2D eigenvalue weighted by Crippen LogP contribution is 1.65. The van der Waals surface area contributed by atoms with Gasteiger partial charge in [-0.2, -0.15) is 0 Å². The highest BCUT2D eigenvalue weighted by Gasteiger charge is 1.97. The number of nitrogens with one attached hydrogen (secondary N) is 1. The van der Waals surface area contributed by atoms with Crippen molar-refractivity contribution < 1.29 is 14.8 Å². The van der Waals surface area contributed by atoms with Crippen LogP contribution in [0.2, 0.25) is 0 Å². The van der Waals surface area contributed by atoms with Gasteiger partial charge < -0.3 is 10.4 Å². The summed E-state index contributed by atoms with van der Waals surface area (Å²) in [6.45, 7) is -0.505. The number of carbonyl (C=O) groups is 1. The van der Waals surface area contributed by atoms with E-state index in [-0.39, 0.29) is 13.1 Å². The van der Waals surface area contributed by atoms with Crippen molar-refractivity contribution >= 4 is 6.09 Å². The van der Waals surface area contributed by atoms with Crippen LogP contribution in [0.15, 0.2) is 0 Å². The average Bonchev–Trinajstić information content (AvgIpc) is 1.63. The quantitative estimate of drug-likeness (QED) is 0.403. The van der Waals surface area contributed by atoms with Crippen molar-refractivity contribution in [2.24, 2.45) is 0 Å². The van der Waals surface area contributed by atoms with Crippen LogP contribution in [0.25, 0.3) is 0 Å². The Kier molecular flexibility index (Phi) is 3.11. The summed E-state index contributed by atoms with van der Waals surface area (Å²) < 4.78 is 0. The van der Waals surface area contributed by atoms with Gasteiger partial charge >= 0.3 is 6.09 Å². The van der Waals surface area contributed by atoms with Crippen LogP contribution in [0.5, 0.6) is 0 Å². The van der Waals surface area contributed by atoms with E-state index in [2.05, 4.69) is 0 Å². The van der Waals surface area contributed by atoms with E-state index in [0.29, 0.717) is 0 Å². The number of hydrogen-bond acceptors (Lipinski definition) is 3. The van der Waals surface area contributed by atoms with Crippen molar-refractivity contribution in [3.05, 3.63) is 10.1 Å². The Morgan fingerprint density at radius 2 is 2.33 bits per heavy atom. The van der Waals surface area contributed by atoms with Crippen molar-refractivity contribution in [2.45, 2.75) is 0 Å². The van der Waals surface area contributed by atoms with Crippen LogP contribution in [-0.4, -0.2) is 29.2 Å². The van der Waals surface area contributed by atoms with E-state index < -0.39 is 11.0 Å². The predicted octanol–water partition coefficient (Wildman–Crippen LogP) is -0.469. The lowest BCUT2D eigenvalue weighted by Gasteiger charge is -1.92. The zero-order valence-corrected chi connectivity index (χ0v) is 4.53. The van der Waals surface area contributed by atoms with Gasteiger partial charge in [-0.25, -0.2) is 4.79 Å². The molecule has 52 valence electrons. The molecule has 0 atom stereocenters. The van der Waals surface area contributed by atoms with Crippen LogP contribution >= 0.6 is 0 Å². The molecular formula is C3H6N2O4. The summed E-state index contributed by atoms with van der Waals surface area (Å²) in [7, 11) is 0. The number of nitro groups is 1. The molecule has 0 aromatic rings. The van der Waals surface area contributed by atoms with E-state index in [9.17, 15) is 14.9 Å². The zero-order valence-electron chi connectivity index (χ0n) is 4.53. The third-order valence-electron chi connectivity index (χ3n) is 0.571. The van der Waals surface area contributed by atoms with Crippen LogP contribution in [0.4, 0.5) is 4.79 Å². The summed E-state index contributed by atoms with van der Waals surface area (Å²) in [4.78, 5) is 18.6. The van der Waals surface area contributed by atoms with Gasteiger partial charge in [0.05, 0.1) is 6.54 Å². The summed E-state index contributed by atoms with van der Waals surface area (Å²) in [6.07, 6.45) is -1.24. The molecule has 1 amide bonds. The van der Waals surface area contributed by atoms with Gasteiger partial charge in [0.25, 0.3) is 0 Å². The maximum Gasteiger partial charge on any atom is 0.404 e. The first-order valence-corrected chi connectivity index (χ1v) is 2.21. The van der Waals surface area contributed by atoms with Gasteiger partial charge in [0.2, 0.25) is 6.54 Å². The molecular weight excluding hydrogens is 128 g/mol. The Bertz CT molecular complexity index is 109. The topological polar surface area (TPSA) is 92.5 Å². The molecule has 0 aliphatic carbocycles. The van der Waals surface area contributed by atoms with Crippen LogP contribution in [0.3, 0.4) is 0 Å². The molecule has 0 fully saturated rings. The van der Waals surface area contributed by atoms with E-state index in [1.807, 2.05) is 5.32 Å². The average molecular weight is 134 g/mol. The van der Waals surface area contributed by atoms with Crippen molar-refractivity contribution in [3.8, 4) is 0 Å². The minimum Gasteiger partial charge on any atom is -0.465 e. The summed E-state index contributed by atoms with van der Waals surface area (Å²) in [5.41, 5.74) is 0. The molecule has 0 radical (unpaired) electrons. The summed E-state index contributed by atoms with van der Waals surface area (Å²) in [6, 6.07) is 0. The first-order chi connectivity index (χ1) is 4.13. The molecule has 0 saturated carbocycles. The normalized spacial score (nSPS) is 8.44. The summed E-state index contributed by atoms with van der Waals surface area (Å²) >= 11 is 0. The van der Waals surface area contributed by atoms with E-state index in [4.69, 9.17) is 5.11 Å². The molecule has 0 unspecified atom stereocenters. The van der Waals surface area contributed by atoms with E-state index in [1.54, 1.807) is 0 Å². The molecule has 0 aliphatic heterocycles. The molecule has 0 aliphatic rings. The second-order valence-corrected chi connectivity index (χ2v) is 1.29. The van der Waals surface area contributed by atoms with Crippen LogP contribution in [0.1, 0.15) is 0 Å². The van der Waals surface area contributed by atoms with Crippen LogP contribution in [-0.2, 0) is 0 Å². The van der Waals surface area contributed by atoms with E-state index >= 15 is 0 Å². The van der Waals surface area contributed by atoms with Gasteiger partial charge in [0.15, 0.2) is 0 Å². The first kappa shape index (κ1) is 7.67. The smallest absolute Gasteiger partial charge is 0.404 e. The Morgan fingerprint density at radius 1 is 1.78 bits per heavy atom. The van der Waals surface area contributed by atoms with Crippen LogP contribution in [0, 0.1) is 10.1 Å². The summed E-state index contributed by atoms with van der Waals surface area (Å²) in [5, 5.41) is 19.3. The van der Waals surface area contributed by atoms with Gasteiger partial charge in [-0.05, 0) is 0 Å². The largest absolute Gasteiger partial charge is 0.465 e. The third-order valence-corrected chi connectivity index (χ3v) is 0.571. The van der Waals surface area contributed by atoms with Gasteiger partial charge in [0.1, 0.15) is 0 Å². The Morgan fingerprint density at radius 3 is 2.67 bits per heavy atom. The number of carboxylic acid groups (broad SMARTS) is 1. The standard InChI is InChI=1S/C3H6N2O4/c6-3(7)4-1-2-5(8)9/h4H,1-2H2,(H,6,7). The molecule has 0 heterocycles. The monoisotopic (exact) mass is 134 g/mol. The summed E-state index contributed by atoms with van der Waals surface area (Å²) in [5.74, 6) is 0. The van der Waals surface area contributed by atoms with Crippen molar-refractivity contribution in [1.29, 1.82) is 0 Å². The van der Waals surface area contributed by atoms with Gasteiger partial charge in [-0.1, -0.05) is 0 Å². The highest BCUT2D eigenvalue weighted by molar-refractivity contribution is 5.64. The van der Waals surface area contributed by atoms with Gasteiger partial charge in [0, 0.05) is 4.92 Å². The fraction of sp³-hybridized carbons (Fsp3) is 0.667. The van der Waals surface area contributed by atoms with Crippen molar-refractivity contribution in [2.75, 3.05) is 13.1 Å². The second-order valence-electron chi connectivity index (χ2n) is 1.29. The number of amides is 1. The Balaban J connectivity index is 3.10. The molecule has 0 aromatic carbocycles. The number of hydrogen-bond donors (Lipinski definition) is 2. The van der Waals surface area contributed by atoms with E-state index in [0.717, 1.165) is 0 Å². The molecule has 0 spiro atoms. The van der Waals surface area contributed by atoms with Crippen LogP contribution < -0.4 is 5.32 Å². The lowest BCUT2D eigenvalue weighted by Crippen LogP contribution is -2.26. The minimum atomic E-state index is -1.24. The van der Waals surface area contributed by atoms with Crippen molar-refractivity contribution in [1.82, 2.24) is 5.32 Å². The molecule has 6 nitrogen and oxygen atoms in total. The minimum absolute atomic E-state index is 0.137. The lowest BCUT2D eigenvalue weighted by molar-refractivity contribution is -0.477. The fourth-order valence-corrected chi connectivity index (χ4v) is 0.254. The molecule has 0 rings (SSSR count). The molecule has 9 heavy (non-hydrogen) atoms. The van der Waals surface area contributed by atoms with Gasteiger partial charge in [-0.15, -0.1) is 0 Å². The van der Waals surface area contributed by atoms with Gasteiger partial charge in [-0.3, -0.25) is 10.1 Å². The number of nitrogens with zero attached hydrogens (tertiary/aromatic N) is 1. The van der Waals surface area contributed by atoms with E-state index in [1.165, 1.54) is 0 Å². The molecule has 0 bridgehead atoms. The third kappa shape index (κ3) is 6.67. The van der Waals surface area contributed by atoms with Crippen molar-refractivity contribution in [3.63, 3.8) is 0 Å². The predicted molar refractivity (Wildman–Crippen MR) is 27.9 cm³/mol. The number of rotatable bonds is 3. The SMILES string of the molecule is O=C(O)NCC[N+](=O)[O-]. The Hall–Kier alpha value is -1.33. The molecule has 6 heteroatoms. The zero-order chi connectivity index (χ0) is 7.28. The highest BCUT2D eigenvalue weighted by atomic mass is 16.6. The maximum absolute atomic E-state index is 9.65. The molecule has 0 aromatic heterocycles. The Labute approximate surface area is 50.6 Å².